The van der Waals surface area contributed by atoms with Crippen LogP contribution in [-0.4, -0.2) is 14.8 Å². The smallest absolute Gasteiger partial charge is 0.247 e. The topological polar surface area (TPSA) is 43.9 Å². The van der Waals surface area contributed by atoms with Crippen molar-refractivity contribution in [3.05, 3.63) is 35.9 Å². The molecule has 0 radical (unpaired) electrons. The van der Waals surface area contributed by atoms with E-state index in [9.17, 15) is 0 Å². The molecule has 3 rings (SSSR count). The highest BCUT2D eigenvalue weighted by Gasteiger charge is 2.13. The summed E-state index contributed by atoms with van der Waals surface area (Å²) in [5.74, 6) is 1.66. The van der Waals surface area contributed by atoms with Crippen LogP contribution in [0.2, 0.25) is 0 Å². The zero-order valence-corrected chi connectivity index (χ0v) is 11.6. The average Bonchev–Trinajstić information content (AvgIpc) is 2.94. The number of fused-ring (bicyclic) bond motifs is 1. The Labute approximate surface area is 112 Å². The molecule has 0 bridgehead atoms. The molecular formula is C15H17N3O. The van der Waals surface area contributed by atoms with Crippen LogP contribution in [0.25, 0.3) is 22.4 Å². The normalized spacial score (nSPS) is 11.6. The molecule has 2 aromatic heterocycles. The molecule has 0 aliphatic rings. The van der Waals surface area contributed by atoms with Crippen molar-refractivity contribution in [1.82, 2.24) is 14.8 Å². The second-order valence-electron chi connectivity index (χ2n) is 5.21. The van der Waals surface area contributed by atoms with Crippen molar-refractivity contribution in [3.63, 3.8) is 0 Å². The molecule has 0 saturated heterocycles. The van der Waals surface area contributed by atoms with Crippen LogP contribution in [0.15, 0.2) is 28.8 Å². The van der Waals surface area contributed by atoms with Gasteiger partial charge in [-0.05, 0) is 29.7 Å². The highest BCUT2D eigenvalue weighted by molar-refractivity contribution is 5.88. The van der Waals surface area contributed by atoms with Gasteiger partial charge in [-0.2, -0.15) is 0 Å². The van der Waals surface area contributed by atoms with Gasteiger partial charge in [0, 0.05) is 36.6 Å². The summed E-state index contributed by atoms with van der Waals surface area (Å²) >= 11 is 0. The summed E-state index contributed by atoms with van der Waals surface area (Å²) in [5, 5.41) is 9.22. The van der Waals surface area contributed by atoms with Crippen molar-refractivity contribution in [2.75, 3.05) is 0 Å². The molecule has 98 valence electrons. The first kappa shape index (κ1) is 12.0. The molecule has 0 aliphatic carbocycles. The summed E-state index contributed by atoms with van der Waals surface area (Å²) < 4.78 is 7.66. The number of nitrogens with zero attached hydrogens (tertiary/aromatic N) is 3. The SMILES string of the molecule is Cc1nnc(-c2ccc3c(c2)c(C(C)C)cn3C)o1. The van der Waals surface area contributed by atoms with E-state index in [-0.39, 0.29) is 0 Å². The number of rotatable bonds is 2. The van der Waals surface area contributed by atoms with Crippen LogP contribution in [0.1, 0.15) is 31.2 Å². The Morgan fingerprint density at radius 3 is 2.63 bits per heavy atom. The molecular weight excluding hydrogens is 238 g/mol. The minimum absolute atomic E-state index is 0.489. The fourth-order valence-electron chi connectivity index (χ4n) is 2.43. The molecule has 0 spiro atoms. The Bertz CT molecular complexity index is 737. The fraction of sp³-hybridized carbons (Fsp3) is 0.333. The Kier molecular flexibility index (Phi) is 2.66. The van der Waals surface area contributed by atoms with Crippen molar-refractivity contribution < 1.29 is 4.42 Å². The van der Waals surface area contributed by atoms with Crippen LogP contribution < -0.4 is 0 Å². The Morgan fingerprint density at radius 1 is 1.21 bits per heavy atom. The van der Waals surface area contributed by atoms with Crippen LogP contribution in [0.4, 0.5) is 0 Å². The zero-order valence-electron chi connectivity index (χ0n) is 11.6. The molecule has 0 N–H and O–H groups in total. The van der Waals surface area contributed by atoms with E-state index in [1.807, 2.05) is 6.07 Å². The number of aryl methyl sites for hydroxylation is 2. The minimum atomic E-state index is 0.489. The van der Waals surface area contributed by atoms with Crippen LogP contribution >= 0.6 is 0 Å². The lowest BCUT2D eigenvalue weighted by atomic mass is 10.0. The Morgan fingerprint density at radius 2 is 2.00 bits per heavy atom. The summed E-state index contributed by atoms with van der Waals surface area (Å²) in [4.78, 5) is 0. The van der Waals surface area contributed by atoms with Crippen LogP contribution in [0.3, 0.4) is 0 Å². The van der Waals surface area contributed by atoms with E-state index >= 15 is 0 Å². The molecule has 0 atom stereocenters. The average molecular weight is 255 g/mol. The number of hydrogen-bond acceptors (Lipinski definition) is 3. The fourth-order valence-corrected chi connectivity index (χ4v) is 2.43. The van der Waals surface area contributed by atoms with Crippen LogP contribution in [0.5, 0.6) is 0 Å². The molecule has 4 heteroatoms. The van der Waals surface area contributed by atoms with Gasteiger partial charge in [0.05, 0.1) is 0 Å². The molecule has 4 nitrogen and oxygen atoms in total. The maximum absolute atomic E-state index is 5.50. The number of hydrogen-bond donors (Lipinski definition) is 0. The third-order valence-corrected chi connectivity index (χ3v) is 3.42. The quantitative estimate of drug-likeness (QED) is 0.702. The molecule has 0 amide bonds. The zero-order chi connectivity index (χ0) is 13.6. The summed E-state index contributed by atoms with van der Waals surface area (Å²) in [6.07, 6.45) is 2.19. The predicted molar refractivity (Wildman–Crippen MR) is 75.0 cm³/mol. The predicted octanol–water partition coefficient (Wildman–Crippen LogP) is 3.66. The molecule has 0 unspecified atom stereocenters. The standard InChI is InChI=1S/C15H17N3O/c1-9(2)13-8-18(4)14-6-5-11(7-12(13)14)15-17-16-10(3)19-15/h5-9H,1-4H3. The van der Waals surface area contributed by atoms with Crippen molar-refractivity contribution in [2.24, 2.45) is 7.05 Å². The summed E-state index contributed by atoms with van der Waals surface area (Å²) in [7, 11) is 2.07. The largest absolute Gasteiger partial charge is 0.421 e. The van der Waals surface area contributed by atoms with Crippen LogP contribution in [-0.2, 0) is 7.05 Å². The maximum atomic E-state index is 5.50. The monoisotopic (exact) mass is 255 g/mol. The van der Waals surface area contributed by atoms with Gasteiger partial charge < -0.3 is 8.98 Å². The van der Waals surface area contributed by atoms with Crippen molar-refractivity contribution in [1.29, 1.82) is 0 Å². The van der Waals surface area contributed by atoms with E-state index in [1.54, 1.807) is 6.92 Å². The summed E-state index contributed by atoms with van der Waals surface area (Å²) in [5.41, 5.74) is 3.54. The van der Waals surface area contributed by atoms with Gasteiger partial charge in [-0.25, -0.2) is 0 Å². The van der Waals surface area contributed by atoms with Gasteiger partial charge in [-0.1, -0.05) is 13.8 Å². The first-order chi connectivity index (χ1) is 9.06. The third-order valence-electron chi connectivity index (χ3n) is 3.42. The number of benzene rings is 1. The van der Waals surface area contributed by atoms with Crippen molar-refractivity contribution >= 4 is 10.9 Å². The molecule has 1 aromatic carbocycles. The Balaban J connectivity index is 2.22. The van der Waals surface area contributed by atoms with Gasteiger partial charge in [0.25, 0.3) is 0 Å². The van der Waals surface area contributed by atoms with E-state index in [2.05, 4.69) is 54.0 Å². The van der Waals surface area contributed by atoms with Gasteiger partial charge >= 0.3 is 0 Å². The van der Waals surface area contributed by atoms with E-state index < -0.39 is 0 Å². The molecule has 3 aromatic rings. The highest BCUT2D eigenvalue weighted by atomic mass is 16.4. The molecule has 0 saturated carbocycles. The Hall–Kier alpha value is -2.10. The highest BCUT2D eigenvalue weighted by Crippen LogP contribution is 2.30. The van der Waals surface area contributed by atoms with Gasteiger partial charge in [-0.15, -0.1) is 10.2 Å². The first-order valence-corrected chi connectivity index (χ1v) is 6.45. The van der Waals surface area contributed by atoms with Crippen molar-refractivity contribution in [3.8, 4) is 11.5 Å². The van der Waals surface area contributed by atoms with Crippen LogP contribution in [0, 0.1) is 6.92 Å². The van der Waals surface area contributed by atoms with Gasteiger partial charge in [0.1, 0.15) is 0 Å². The minimum Gasteiger partial charge on any atom is -0.421 e. The lowest BCUT2D eigenvalue weighted by Crippen LogP contribution is -1.84. The second kappa shape index (κ2) is 4.23. The number of aromatic nitrogens is 3. The molecule has 19 heavy (non-hydrogen) atoms. The van der Waals surface area contributed by atoms with Gasteiger partial charge in [-0.3, -0.25) is 0 Å². The molecule has 2 heterocycles. The molecule has 0 aliphatic heterocycles. The van der Waals surface area contributed by atoms with Crippen molar-refractivity contribution in [2.45, 2.75) is 26.7 Å². The summed E-state index contributed by atoms with van der Waals surface area (Å²) in [6.45, 7) is 6.22. The third kappa shape index (κ3) is 1.93. The van der Waals surface area contributed by atoms with E-state index in [0.29, 0.717) is 17.7 Å². The van der Waals surface area contributed by atoms with E-state index in [1.165, 1.54) is 16.5 Å². The lowest BCUT2D eigenvalue weighted by Gasteiger charge is -2.03. The lowest BCUT2D eigenvalue weighted by molar-refractivity contribution is 0.533. The maximum Gasteiger partial charge on any atom is 0.247 e. The van der Waals surface area contributed by atoms with E-state index in [0.717, 1.165) is 5.56 Å². The van der Waals surface area contributed by atoms with Gasteiger partial charge in [0.15, 0.2) is 0 Å². The second-order valence-corrected chi connectivity index (χ2v) is 5.21. The first-order valence-electron chi connectivity index (χ1n) is 6.45. The summed E-state index contributed by atoms with van der Waals surface area (Å²) in [6, 6.07) is 6.27. The van der Waals surface area contributed by atoms with Gasteiger partial charge in [0.2, 0.25) is 11.8 Å². The molecule has 0 fully saturated rings. The van der Waals surface area contributed by atoms with E-state index in [4.69, 9.17) is 4.42 Å².